The number of carbonyl (C=O) groups is 2. The van der Waals surface area contributed by atoms with Crippen LogP contribution in [0.1, 0.15) is 18.4 Å². The van der Waals surface area contributed by atoms with Crippen LogP contribution in [0, 0.1) is 0 Å². The quantitative estimate of drug-likeness (QED) is 0.472. The topological polar surface area (TPSA) is 101 Å². The number of carbonyl (C=O) groups excluding carboxylic acids is 2. The number of alkyl halides is 3. The molecule has 3 aromatic rings. The fourth-order valence-corrected chi connectivity index (χ4v) is 4.51. The summed E-state index contributed by atoms with van der Waals surface area (Å²) < 4.78 is 50.9. The summed E-state index contributed by atoms with van der Waals surface area (Å²) in [6.07, 6.45) is -4.31. The molecule has 0 radical (unpaired) electrons. The van der Waals surface area contributed by atoms with Crippen LogP contribution in [0.5, 0.6) is 0 Å². The first-order chi connectivity index (χ1) is 17.2. The van der Waals surface area contributed by atoms with Gasteiger partial charge in [-0.15, -0.1) is 12.4 Å². The van der Waals surface area contributed by atoms with Crippen molar-refractivity contribution in [2.24, 2.45) is 0 Å². The number of ether oxygens (including phenoxy) is 2. The number of rotatable bonds is 5. The fraction of sp³-hybridized carbons (Fsp3) is 0.320. The molecule has 2 N–H and O–H groups in total. The van der Waals surface area contributed by atoms with Gasteiger partial charge in [-0.3, -0.25) is 14.5 Å². The van der Waals surface area contributed by atoms with Crippen LogP contribution in [0.15, 0.2) is 53.3 Å². The second kappa shape index (κ2) is 10.4. The number of H-pyrrole nitrogens is 1. The van der Waals surface area contributed by atoms with E-state index >= 15 is 0 Å². The number of nitrogens with one attached hydrogen (secondary N) is 2. The highest BCUT2D eigenvalue weighted by atomic mass is 35.5. The summed E-state index contributed by atoms with van der Waals surface area (Å²) in [5.41, 5.74) is -1.17. The number of aromatic nitrogens is 1. The van der Waals surface area contributed by atoms with E-state index < -0.39 is 29.5 Å². The molecule has 2 saturated heterocycles. The molecule has 2 fully saturated rings. The Morgan fingerprint density at radius 1 is 1.14 bits per heavy atom. The predicted molar refractivity (Wildman–Crippen MR) is 132 cm³/mol. The number of esters is 1. The van der Waals surface area contributed by atoms with Crippen molar-refractivity contribution < 1.29 is 32.2 Å². The molecule has 37 heavy (non-hydrogen) atoms. The number of benzene rings is 2. The molecule has 1 amide bonds. The van der Waals surface area contributed by atoms with Crippen LogP contribution < -0.4 is 15.8 Å². The predicted octanol–water partition coefficient (Wildman–Crippen LogP) is 4.26. The third-order valence-electron chi connectivity index (χ3n) is 6.29. The molecule has 0 saturated carbocycles. The van der Waals surface area contributed by atoms with E-state index in [1.165, 1.54) is 35.2 Å². The van der Waals surface area contributed by atoms with Gasteiger partial charge >= 0.3 is 18.2 Å². The highest BCUT2D eigenvalue weighted by molar-refractivity contribution is 5.95. The summed E-state index contributed by atoms with van der Waals surface area (Å²) in [5, 5.41) is 3.66. The Morgan fingerprint density at radius 3 is 2.65 bits per heavy atom. The number of anilines is 1. The Morgan fingerprint density at radius 2 is 1.92 bits per heavy atom. The van der Waals surface area contributed by atoms with Crippen LogP contribution in [0.2, 0.25) is 0 Å². The highest BCUT2D eigenvalue weighted by Crippen LogP contribution is 2.36. The third-order valence-corrected chi connectivity index (χ3v) is 6.29. The Kier molecular flexibility index (Phi) is 7.47. The van der Waals surface area contributed by atoms with Crippen molar-refractivity contribution in [2.75, 3.05) is 24.6 Å². The summed E-state index contributed by atoms with van der Waals surface area (Å²) in [7, 11) is 0. The lowest BCUT2D eigenvalue weighted by Gasteiger charge is -2.15. The first-order valence-corrected chi connectivity index (χ1v) is 11.4. The first-order valence-electron chi connectivity index (χ1n) is 11.4. The second-order valence-electron chi connectivity index (χ2n) is 8.72. The molecule has 1 aromatic heterocycles. The van der Waals surface area contributed by atoms with Crippen molar-refractivity contribution in [3.63, 3.8) is 0 Å². The molecule has 8 nitrogen and oxygen atoms in total. The molecule has 0 unspecified atom stereocenters. The Bertz CT molecular complexity index is 1390. The van der Waals surface area contributed by atoms with Gasteiger partial charge in [-0.25, -0.2) is 4.79 Å². The number of nitrogens with zero attached hydrogens (tertiary/aromatic N) is 1. The average Bonchev–Trinajstić information content (AvgIpc) is 3.52. The van der Waals surface area contributed by atoms with Gasteiger partial charge in [-0.2, -0.15) is 13.2 Å². The van der Waals surface area contributed by atoms with Gasteiger partial charge in [0.15, 0.2) is 6.10 Å². The summed E-state index contributed by atoms with van der Waals surface area (Å²) in [4.78, 5) is 41.2. The lowest BCUT2D eigenvalue weighted by molar-refractivity contribution is -0.148. The zero-order valence-corrected chi connectivity index (χ0v) is 20.2. The molecule has 0 bridgehead atoms. The monoisotopic (exact) mass is 537 g/mol. The lowest BCUT2D eigenvalue weighted by atomic mass is 10.0. The normalized spacial score (nSPS) is 19.5. The van der Waals surface area contributed by atoms with Gasteiger partial charge < -0.3 is 19.8 Å². The summed E-state index contributed by atoms with van der Waals surface area (Å²) in [6.45, 7) is 0.781. The molecule has 5 rings (SSSR count). The number of hydrogen-bond acceptors (Lipinski definition) is 6. The van der Waals surface area contributed by atoms with Crippen LogP contribution in [0.4, 0.5) is 23.7 Å². The second-order valence-corrected chi connectivity index (χ2v) is 8.72. The largest absolute Gasteiger partial charge is 0.461 e. The van der Waals surface area contributed by atoms with Crippen molar-refractivity contribution in [3.8, 4) is 11.3 Å². The molecule has 0 aliphatic carbocycles. The van der Waals surface area contributed by atoms with E-state index in [0.29, 0.717) is 17.5 Å². The number of hydrogen-bond donors (Lipinski definition) is 2. The van der Waals surface area contributed by atoms with Gasteiger partial charge in [-0.05, 0) is 49.0 Å². The van der Waals surface area contributed by atoms with Gasteiger partial charge in [0.2, 0.25) is 0 Å². The maximum atomic E-state index is 13.4. The van der Waals surface area contributed by atoms with E-state index in [4.69, 9.17) is 9.47 Å². The van der Waals surface area contributed by atoms with Crippen LogP contribution in [0.3, 0.4) is 0 Å². The van der Waals surface area contributed by atoms with E-state index in [1.807, 2.05) is 0 Å². The van der Waals surface area contributed by atoms with Crippen LogP contribution in [0.25, 0.3) is 22.0 Å². The van der Waals surface area contributed by atoms with Gasteiger partial charge in [0.1, 0.15) is 12.6 Å². The molecule has 0 spiro atoms. The molecule has 3 heterocycles. The highest BCUT2D eigenvalue weighted by Gasteiger charge is 2.35. The van der Waals surface area contributed by atoms with Crippen molar-refractivity contribution in [1.29, 1.82) is 0 Å². The Hall–Kier alpha value is -3.57. The average molecular weight is 538 g/mol. The minimum atomic E-state index is -4.58. The van der Waals surface area contributed by atoms with Gasteiger partial charge in [-0.1, -0.05) is 24.3 Å². The van der Waals surface area contributed by atoms with E-state index in [-0.39, 0.29) is 54.2 Å². The third kappa shape index (κ3) is 5.42. The standard InChI is InChI=1S/C25H22F3N3O5.ClH/c26-25(27,28)19-5-2-1-4-17(19)21-10-14-7-8-15(11-18(14)22(32)30-21)31-12-16(36-24(31)34)13-35-23(33)20-6-3-9-29-20;/h1-2,4-5,7-8,10-11,16,20,29H,3,6,9,12-13H2,(H,30,32);1H/t16-,20+;/m1./s1. The Labute approximate surface area is 215 Å². The molecule has 2 aliphatic heterocycles. The van der Waals surface area contributed by atoms with E-state index in [0.717, 1.165) is 19.0 Å². The summed E-state index contributed by atoms with van der Waals surface area (Å²) >= 11 is 0. The van der Waals surface area contributed by atoms with Gasteiger partial charge in [0.05, 0.1) is 12.1 Å². The zero-order chi connectivity index (χ0) is 25.4. The van der Waals surface area contributed by atoms with E-state index in [2.05, 4.69) is 10.3 Å². The zero-order valence-electron chi connectivity index (χ0n) is 19.3. The first kappa shape index (κ1) is 26.5. The molecule has 2 aliphatic rings. The molecule has 12 heteroatoms. The molecule has 2 aromatic carbocycles. The van der Waals surface area contributed by atoms with E-state index in [1.54, 1.807) is 12.1 Å². The molecular weight excluding hydrogens is 515 g/mol. The van der Waals surface area contributed by atoms with Gasteiger partial charge in [0, 0.05) is 22.3 Å². The number of cyclic esters (lactones) is 1. The van der Waals surface area contributed by atoms with Crippen molar-refractivity contribution in [2.45, 2.75) is 31.2 Å². The van der Waals surface area contributed by atoms with Crippen LogP contribution in [-0.2, 0) is 20.4 Å². The number of aromatic amines is 1. The Balaban J connectivity index is 0.00000320. The van der Waals surface area contributed by atoms with Crippen LogP contribution >= 0.6 is 12.4 Å². The van der Waals surface area contributed by atoms with Crippen molar-refractivity contribution in [1.82, 2.24) is 10.3 Å². The van der Waals surface area contributed by atoms with Gasteiger partial charge in [0.25, 0.3) is 5.56 Å². The molecular formula is C25H23ClF3N3O5. The number of pyridine rings is 1. The maximum absolute atomic E-state index is 13.4. The minimum absolute atomic E-state index is 0. The maximum Gasteiger partial charge on any atom is 0.417 e. The number of fused-ring (bicyclic) bond motifs is 1. The van der Waals surface area contributed by atoms with Crippen LogP contribution in [-0.4, -0.2) is 48.9 Å². The minimum Gasteiger partial charge on any atom is -0.461 e. The van der Waals surface area contributed by atoms with Crippen molar-refractivity contribution in [3.05, 3.63) is 64.4 Å². The lowest BCUT2D eigenvalue weighted by Crippen LogP contribution is -2.35. The molecule has 196 valence electrons. The fourth-order valence-electron chi connectivity index (χ4n) is 4.51. The SMILES string of the molecule is Cl.O=C(OC[C@H]1CN(c2ccc3cc(-c4ccccc4C(F)(F)F)[nH]c(=O)c3c2)C(=O)O1)[C@@H]1CCCN1. The van der Waals surface area contributed by atoms with Crippen molar-refractivity contribution >= 4 is 40.9 Å². The number of amides is 1. The smallest absolute Gasteiger partial charge is 0.417 e. The number of halogens is 4. The summed E-state index contributed by atoms with van der Waals surface area (Å²) in [6, 6.07) is 10.7. The summed E-state index contributed by atoms with van der Waals surface area (Å²) in [5.74, 6) is -0.387. The van der Waals surface area contributed by atoms with E-state index in [9.17, 15) is 27.6 Å². The molecule has 2 atom stereocenters.